The van der Waals surface area contributed by atoms with E-state index in [0.717, 1.165) is 0 Å². The fraction of sp³-hybridized carbons (Fsp3) is 0.395. The molecular formula is C38H41N6O14PSe. The maximum absolute atomic E-state index is 13.3. The SMILES string of the molecule is Cc1cn([C@H]2C[C@H](OP(=[Se])(OCCC#N)OC[C@H]3O[C@@H](n4ccc(NC(=O)COc5ccccc5)nc4=O)C[C@@H]3OC(=O)COc3ccccc3)[C@@H](CO)O2)c(=O)[nH]c1=O. The Balaban J connectivity index is 1.16. The van der Waals surface area contributed by atoms with Gasteiger partial charge in [0, 0.05) is 0 Å². The molecule has 2 saturated heterocycles. The maximum atomic E-state index is 13.3. The standard InChI is InChI=1S/C38H41N6O14PSe/c1-24-19-44(38(50)42-36(24)48)34-18-28(29(20-45)55-34)58-59(60,53-16-8-14-39)54-21-30-27(57-35(47)23-52-26-11-6-3-7-12-26)17-33(56-30)43-15-13-31(41-37(43)49)40-32(46)22-51-25-9-4-2-5-10-25/h2-7,9-13,15,19,27-30,33-34,45H,8,16-18,20-23H2,1H3,(H,42,48,50)(H,40,41,46,49)/t27-,28-,29+,30+,33+,34+,59?/m0/s1. The van der Waals surface area contributed by atoms with E-state index in [0.29, 0.717) is 11.5 Å². The van der Waals surface area contributed by atoms with E-state index in [4.69, 9.17) is 37.3 Å². The number of ether oxygens (including phenoxy) is 5. The van der Waals surface area contributed by atoms with Gasteiger partial charge in [-0.25, -0.2) is 0 Å². The molecule has 4 aromatic rings. The summed E-state index contributed by atoms with van der Waals surface area (Å²) in [7, 11) is 0. The number of para-hydroxylation sites is 2. The Morgan fingerprint density at radius 3 is 2.27 bits per heavy atom. The normalized spacial score (nSPS) is 22.0. The summed E-state index contributed by atoms with van der Waals surface area (Å²) in [6.07, 6.45) is -6.73. The summed E-state index contributed by atoms with van der Waals surface area (Å²) in [6.45, 7) is -0.208. The Labute approximate surface area is 349 Å². The molecule has 2 aliphatic heterocycles. The predicted octanol–water partition coefficient (Wildman–Crippen LogP) is 1.86. The number of hydrogen-bond acceptors (Lipinski definition) is 16. The van der Waals surface area contributed by atoms with Crippen LogP contribution in [0.25, 0.3) is 0 Å². The first kappa shape index (κ1) is 44.3. The molecule has 2 fully saturated rings. The molecule has 0 radical (unpaired) electrons. The summed E-state index contributed by atoms with van der Waals surface area (Å²) in [6, 6.07) is 20.7. The van der Waals surface area contributed by atoms with Gasteiger partial charge in [0.25, 0.3) is 0 Å². The molecule has 7 atom stereocenters. The molecule has 0 bridgehead atoms. The van der Waals surface area contributed by atoms with Crippen LogP contribution in [0.3, 0.4) is 0 Å². The van der Waals surface area contributed by atoms with E-state index >= 15 is 0 Å². The summed E-state index contributed by atoms with van der Waals surface area (Å²) >= 11 is 2.80. The van der Waals surface area contributed by atoms with Crippen LogP contribution in [0.4, 0.5) is 5.82 Å². The zero-order chi connectivity index (χ0) is 42.6. The number of nitrogens with one attached hydrogen (secondary N) is 2. The van der Waals surface area contributed by atoms with E-state index in [2.05, 4.69) is 30.4 Å². The van der Waals surface area contributed by atoms with Crippen molar-refractivity contribution in [1.29, 1.82) is 5.26 Å². The first-order valence-electron chi connectivity index (χ1n) is 18.6. The number of nitriles is 1. The minimum atomic E-state index is -3.55. The van der Waals surface area contributed by atoms with Gasteiger partial charge in [-0.2, -0.15) is 0 Å². The van der Waals surface area contributed by atoms with Crippen molar-refractivity contribution in [2.75, 3.05) is 38.4 Å². The third kappa shape index (κ3) is 11.9. The molecule has 318 valence electrons. The van der Waals surface area contributed by atoms with Crippen LogP contribution in [0.1, 0.15) is 37.3 Å². The van der Waals surface area contributed by atoms with Crippen LogP contribution in [0.15, 0.2) is 93.5 Å². The number of aliphatic hydroxyl groups is 1. The molecular weight excluding hydrogens is 874 g/mol. The van der Waals surface area contributed by atoms with Crippen LogP contribution in [-0.4, -0.2) is 109 Å². The second-order valence-corrected chi connectivity index (χ2v) is 17.7. The zero-order valence-corrected chi connectivity index (χ0v) is 34.6. The van der Waals surface area contributed by atoms with E-state index in [1.165, 1.54) is 34.5 Å². The number of H-pyrrole nitrogens is 1. The van der Waals surface area contributed by atoms with Gasteiger partial charge in [0.15, 0.2) is 6.61 Å². The number of aliphatic hydroxyl groups excluding tert-OH is 1. The van der Waals surface area contributed by atoms with E-state index in [1.54, 1.807) is 54.6 Å². The van der Waals surface area contributed by atoms with Gasteiger partial charge in [-0.3, -0.25) is 4.79 Å². The van der Waals surface area contributed by atoms with Gasteiger partial charge in [0.1, 0.15) is 5.75 Å². The number of anilines is 1. The molecule has 2 aromatic heterocycles. The van der Waals surface area contributed by atoms with E-state index in [1.807, 2.05) is 12.1 Å². The second-order valence-electron chi connectivity index (χ2n) is 13.3. The first-order chi connectivity index (χ1) is 28.9. The average Bonchev–Trinajstić information content (AvgIpc) is 3.83. The predicted molar refractivity (Wildman–Crippen MR) is 211 cm³/mol. The van der Waals surface area contributed by atoms with Crippen LogP contribution in [0.2, 0.25) is 0 Å². The molecule has 2 aliphatic rings. The van der Waals surface area contributed by atoms with Gasteiger partial charge in [-0.05, 0) is 12.1 Å². The van der Waals surface area contributed by atoms with E-state index < -0.39 is 85.1 Å². The molecule has 4 heterocycles. The van der Waals surface area contributed by atoms with Gasteiger partial charge in [0.05, 0.1) is 0 Å². The van der Waals surface area contributed by atoms with Crippen molar-refractivity contribution in [3.05, 3.63) is 116 Å². The van der Waals surface area contributed by atoms with Crippen molar-refractivity contribution in [3.63, 3.8) is 0 Å². The minimum absolute atomic E-state index is 0.0283. The number of carbonyl (C=O) groups is 2. The van der Waals surface area contributed by atoms with Gasteiger partial charge in [-0.15, -0.1) is 0 Å². The number of aromatic nitrogens is 4. The zero-order valence-electron chi connectivity index (χ0n) is 32.0. The van der Waals surface area contributed by atoms with Gasteiger partial charge in [0.2, 0.25) is 0 Å². The third-order valence-electron chi connectivity index (χ3n) is 9.03. The Morgan fingerprint density at radius 2 is 1.60 bits per heavy atom. The summed E-state index contributed by atoms with van der Waals surface area (Å²) < 4.78 is 49.8. The third-order valence-corrected chi connectivity index (χ3v) is 12.4. The summed E-state index contributed by atoms with van der Waals surface area (Å²) in [5, 5.41) is 21.9. The Bertz CT molecular complexity index is 2380. The van der Waals surface area contributed by atoms with Gasteiger partial charge in [-0.1, -0.05) is 24.3 Å². The molecule has 6 rings (SSSR count). The molecule has 0 spiro atoms. The van der Waals surface area contributed by atoms with Crippen LogP contribution < -0.4 is 31.7 Å². The molecule has 0 saturated carbocycles. The fourth-order valence-electron chi connectivity index (χ4n) is 6.13. The Hall–Kier alpha value is -5.26. The molecule has 3 N–H and O–H groups in total. The molecule has 20 nitrogen and oxygen atoms in total. The number of aryl methyl sites for hydroxylation is 1. The number of rotatable bonds is 19. The average molecular weight is 916 g/mol. The topological polar surface area (TPSA) is 254 Å². The summed E-state index contributed by atoms with van der Waals surface area (Å²) in [5.74, 6) is -0.386. The molecule has 2 aromatic carbocycles. The van der Waals surface area contributed by atoms with Crippen molar-refractivity contribution in [1.82, 2.24) is 19.1 Å². The number of aromatic amines is 1. The molecule has 22 heteroatoms. The number of benzene rings is 2. The van der Waals surface area contributed by atoms with Crippen molar-refractivity contribution in [2.45, 2.75) is 63.1 Å². The molecule has 0 aliphatic carbocycles. The van der Waals surface area contributed by atoms with Gasteiger partial charge < -0.3 is 4.74 Å². The molecule has 1 amide bonds. The number of nitrogens with zero attached hydrogens (tertiary/aromatic N) is 4. The molecule has 1 unspecified atom stereocenters. The number of hydrogen-bond donors (Lipinski definition) is 3. The quantitative estimate of drug-likeness (QED) is 0.0525. The monoisotopic (exact) mass is 916 g/mol. The summed E-state index contributed by atoms with van der Waals surface area (Å²) in [5.41, 5.74) is -1.79. The number of esters is 1. The van der Waals surface area contributed by atoms with Crippen LogP contribution in [0, 0.1) is 18.3 Å². The Kier molecular flexibility index (Phi) is 15.4. The van der Waals surface area contributed by atoms with Crippen LogP contribution in [0.5, 0.6) is 11.5 Å². The van der Waals surface area contributed by atoms with Crippen LogP contribution >= 0.6 is 6.19 Å². The van der Waals surface area contributed by atoms with Crippen molar-refractivity contribution >= 4 is 39.0 Å². The second kappa shape index (κ2) is 20.8. The van der Waals surface area contributed by atoms with Crippen LogP contribution in [-0.2, 0) is 37.4 Å². The van der Waals surface area contributed by atoms with Crippen molar-refractivity contribution in [2.24, 2.45) is 0 Å². The van der Waals surface area contributed by atoms with Crippen molar-refractivity contribution in [3.8, 4) is 17.6 Å². The molecule has 60 heavy (non-hydrogen) atoms. The van der Waals surface area contributed by atoms with Crippen molar-refractivity contribution < 1.29 is 52.0 Å². The first-order valence-corrected chi connectivity index (χ1v) is 22.3. The number of carbonyl (C=O) groups excluding carboxylic acids is 2. The van der Waals surface area contributed by atoms with Gasteiger partial charge >= 0.3 is 292 Å². The summed E-state index contributed by atoms with van der Waals surface area (Å²) in [4.78, 5) is 69.7. The van der Waals surface area contributed by atoms with E-state index in [-0.39, 0.29) is 50.5 Å². The van der Waals surface area contributed by atoms with E-state index in [9.17, 15) is 34.3 Å². The fourth-order valence-corrected chi connectivity index (χ4v) is 9.07. The number of amides is 1. The Morgan fingerprint density at radius 1 is 0.950 bits per heavy atom.